The van der Waals surface area contributed by atoms with Gasteiger partial charge in [-0.15, -0.1) is 0 Å². The zero-order valence-electron chi connectivity index (χ0n) is 18.3. The van der Waals surface area contributed by atoms with Gasteiger partial charge in [0, 0.05) is 44.0 Å². The summed E-state index contributed by atoms with van der Waals surface area (Å²) < 4.78 is 5.21. The van der Waals surface area contributed by atoms with Crippen LogP contribution >= 0.6 is 0 Å². The fourth-order valence-electron chi connectivity index (χ4n) is 4.76. The summed E-state index contributed by atoms with van der Waals surface area (Å²) in [6.07, 6.45) is 3.12. The van der Waals surface area contributed by atoms with Crippen molar-refractivity contribution in [3.05, 3.63) is 72.1 Å². The van der Waals surface area contributed by atoms with Crippen LogP contribution in [0.1, 0.15) is 17.5 Å². The first-order valence-corrected chi connectivity index (χ1v) is 11.2. The molecule has 0 spiro atoms. The van der Waals surface area contributed by atoms with Gasteiger partial charge >= 0.3 is 0 Å². The Bertz CT molecular complexity index is 1060. The van der Waals surface area contributed by atoms with Gasteiger partial charge in [-0.05, 0) is 48.2 Å². The molecule has 3 heterocycles. The first-order chi connectivity index (χ1) is 15.7. The Kier molecular flexibility index (Phi) is 5.92. The van der Waals surface area contributed by atoms with E-state index in [-0.39, 0.29) is 6.04 Å². The molecule has 5 rings (SSSR count). The van der Waals surface area contributed by atoms with Crippen LogP contribution in [0.25, 0.3) is 0 Å². The molecule has 0 radical (unpaired) electrons. The number of ether oxygens (including phenoxy) is 1. The summed E-state index contributed by atoms with van der Waals surface area (Å²) in [4.78, 5) is 13.4. The Balaban J connectivity index is 1.23. The number of anilines is 3. The second kappa shape index (κ2) is 9.14. The third kappa shape index (κ3) is 4.40. The van der Waals surface area contributed by atoms with E-state index in [0.717, 1.165) is 55.5 Å². The smallest absolute Gasteiger partial charge is 0.135 e. The number of hydrogen-bond donors (Lipinski definition) is 2. The largest absolute Gasteiger partial charge is 0.497 e. The highest BCUT2D eigenvalue weighted by Gasteiger charge is 2.34. The molecule has 2 aromatic carbocycles. The van der Waals surface area contributed by atoms with E-state index in [0.29, 0.717) is 6.54 Å². The van der Waals surface area contributed by atoms with Gasteiger partial charge in [0.05, 0.1) is 13.2 Å². The van der Waals surface area contributed by atoms with E-state index >= 15 is 0 Å². The number of piperidine rings is 1. The van der Waals surface area contributed by atoms with Crippen molar-refractivity contribution in [2.45, 2.75) is 31.5 Å². The van der Waals surface area contributed by atoms with Gasteiger partial charge in [0.1, 0.15) is 23.7 Å². The molecule has 2 aliphatic heterocycles. The molecule has 1 fully saturated rings. The molecule has 3 aromatic rings. The van der Waals surface area contributed by atoms with Gasteiger partial charge in [0.15, 0.2) is 0 Å². The molecular weight excluding hydrogens is 402 g/mol. The summed E-state index contributed by atoms with van der Waals surface area (Å²) in [6, 6.07) is 18.5. The van der Waals surface area contributed by atoms with Crippen LogP contribution in [0.5, 0.6) is 5.75 Å². The van der Waals surface area contributed by atoms with Crippen LogP contribution in [-0.4, -0.2) is 58.9 Å². The number of nitrogens with zero attached hydrogens (tertiary/aromatic N) is 4. The molecule has 1 saturated heterocycles. The summed E-state index contributed by atoms with van der Waals surface area (Å²) in [7, 11) is 1.65. The third-order valence-electron chi connectivity index (χ3n) is 6.51. The predicted octanol–water partition coefficient (Wildman–Crippen LogP) is 3.23. The highest BCUT2D eigenvalue weighted by Crippen LogP contribution is 2.28. The minimum atomic E-state index is -0.415. The summed E-state index contributed by atoms with van der Waals surface area (Å²) in [6.45, 7) is 3.35. The van der Waals surface area contributed by atoms with Gasteiger partial charge in [-0.3, -0.25) is 4.90 Å². The van der Waals surface area contributed by atoms with E-state index in [1.54, 1.807) is 13.4 Å². The summed E-state index contributed by atoms with van der Waals surface area (Å²) in [5.74, 6) is 2.37. The van der Waals surface area contributed by atoms with Crippen LogP contribution in [0.15, 0.2) is 60.9 Å². The molecule has 7 heteroatoms. The number of β-amino-alcohol motifs (C(OH)–C–C–N with tert-alkyl or cyclic N) is 1. The zero-order chi connectivity index (χ0) is 21.9. The molecule has 1 aromatic heterocycles. The lowest BCUT2D eigenvalue weighted by Crippen LogP contribution is -2.55. The van der Waals surface area contributed by atoms with Crippen molar-refractivity contribution >= 4 is 17.3 Å². The SMILES string of the molecule is COc1ccc(Nc2cc(N3CC[C@@H](N4CCc5ccccc5C4)[C@H](O)C3)ncn2)cc1. The van der Waals surface area contributed by atoms with E-state index in [1.807, 2.05) is 30.3 Å². The second-order valence-electron chi connectivity index (χ2n) is 8.47. The second-order valence-corrected chi connectivity index (χ2v) is 8.47. The molecule has 0 bridgehead atoms. The van der Waals surface area contributed by atoms with Crippen molar-refractivity contribution in [2.24, 2.45) is 0 Å². The van der Waals surface area contributed by atoms with Crippen LogP contribution in [0, 0.1) is 0 Å². The molecule has 7 nitrogen and oxygen atoms in total. The first kappa shape index (κ1) is 20.7. The number of methoxy groups -OCH3 is 1. The Morgan fingerprint density at radius 1 is 1.03 bits per heavy atom. The Labute approximate surface area is 188 Å². The third-order valence-corrected chi connectivity index (χ3v) is 6.51. The number of aromatic nitrogens is 2. The van der Waals surface area contributed by atoms with Gasteiger partial charge in [0.2, 0.25) is 0 Å². The lowest BCUT2D eigenvalue weighted by Gasteiger charge is -2.43. The highest BCUT2D eigenvalue weighted by molar-refractivity contribution is 5.60. The zero-order valence-corrected chi connectivity index (χ0v) is 18.3. The standard InChI is InChI=1S/C25H29N5O2/c1-32-21-8-6-20(7-9-21)28-24-14-25(27-17-26-24)30-13-11-22(23(31)16-30)29-12-10-18-4-2-3-5-19(18)15-29/h2-9,14,17,22-23,31H,10-13,15-16H2,1H3,(H,26,27,28)/t22-,23-/m1/s1. The topological polar surface area (TPSA) is 73.8 Å². The minimum absolute atomic E-state index is 0.179. The number of fused-ring (bicyclic) bond motifs is 1. The fourth-order valence-corrected chi connectivity index (χ4v) is 4.76. The summed E-state index contributed by atoms with van der Waals surface area (Å²) in [5.41, 5.74) is 3.76. The van der Waals surface area contributed by atoms with E-state index in [9.17, 15) is 5.11 Å². The average Bonchev–Trinajstić information content (AvgIpc) is 2.84. The maximum absolute atomic E-state index is 11.0. The number of aliphatic hydroxyl groups excluding tert-OH is 1. The van der Waals surface area contributed by atoms with E-state index in [1.165, 1.54) is 11.1 Å². The van der Waals surface area contributed by atoms with E-state index in [4.69, 9.17) is 4.74 Å². The lowest BCUT2D eigenvalue weighted by molar-refractivity contribution is 0.0293. The summed E-state index contributed by atoms with van der Waals surface area (Å²) in [5, 5.41) is 14.3. The van der Waals surface area contributed by atoms with Crippen LogP contribution in [0.4, 0.5) is 17.3 Å². The minimum Gasteiger partial charge on any atom is -0.497 e. The van der Waals surface area contributed by atoms with Crippen LogP contribution < -0.4 is 15.0 Å². The fraction of sp³-hybridized carbons (Fsp3) is 0.360. The van der Waals surface area contributed by atoms with Crippen molar-refractivity contribution < 1.29 is 9.84 Å². The summed E-state index contributed by atoms with van der Waals surface area (Å²) >= 11 is 0. The Hall–Kier alpha value is -3.16. The molecule has 2 aliphatic rings. The average molecular weight is 432 g/mol. The maximum Gasteiger partial charge on any atom is 0.135 e. The highest BCUT2D eigenvalue weighted by atomic mass is 16.5. The van der Waals surface area contributed by atoms with Gasteiger partial charge in [0.25, 0.3) is 0 Å². The van der Waals surface area contributed by atoms with Crippen molar-refractivity contribution in [3.63, 3.8) is 0 Å². The van der Waals surface area contributed by atoms with Crippen LogP contribution in [0.2, 0.25) is 0 Å². The molecule has 0 amide bonds. The first-order valence-electron chi connectivity index (χ1n) is 11.2. The molecule has 0 saturated carbocycles. The van der Waals surface area contributed by atoms with Crippen LogP contribution in [-0.2, 0) is 13.0 Å². The van der Waals surface area contributed by atoms with Gasteiger partial charge < -0.3 is 20.1 Å². The number of hydrogen-bond acceptors (Lipinski definition) is 7. The Morgan fingerprint density at radius 2 is 1.84 bits per heavy atom. The number of rotatable bonds is 5. The van der Waals surface area contributed by atoms with Crippen molar-refractivity contribution in [3.8, 4) is 5.75 Å². The normalized spacial score (nSPS) is 21.1. The Morgan fingerprint density at radius 3 is 2.62 bits per heavy atom. The number of nitrogens with one attached hydrogen (secondary N) is 1. The number of benzene rings is 2. The molecule has 2 N–H and O–H groups in total. The molecule has 166 valence electrons. The van der Waals surface area contributed by atoms with Gasteiger partial charge in [-0.25, -0.2) is 9.97 Å². The van der Waals surface area contributed by atoms with Crippen LogP contribution in [0.3, 0.4) is 0 Å². The predicted molar refractivity (Wildman–Crippen MR) is 125 cm³/mol. The van der Waals surface area contributed by atoms with Gasteiger partial charge in [-0.1, -0.05) is 24.3 Å². The molecule has 32 heavy (non-hydrogen) atoms. The van der Waals surface area contributed by atoms with Crippen molar-refractivity contribution in [1.82, 2.24) is 14.9 Å². The molecule has 0 unspecified atom stereocenters. The molecule has 0 aliphatic carbocycles. The quantitative estimate of drug-likeness (QED) is 0.643. The number of aliphatic hydroxyl groups is 1. The van der Waals surface area contributed by atoms with E-state index in [2.05, 4.69) is 49.4 Å². The van der Waals surface area contributed by atoms with Crippen molar-refractivity contribution in [1.29, 1.82) is 0 Å². The van der Waals surface area contributed by atoms with Crippen molar-refractivity contribution in [2.75, 3.05) is 37.0 Å². The molecular formula is C25H29N5O2. The molecule has 2 atom stereocenters. The van der Waals surface area contributed by atoms with Gasteiger partial charge in [-0.2, -0.15) is 0 Å². The monoisotopic (exact) mass is 431 g/mol. The lowest BCUT2D eigenvalue weighted by atomic mass is 9.94. The maximum atomic E-state index is 11.0. The van der Waals surface area contributed by atoms with E-state index < -0.39 is 6.10 Å².